The molecule has 1 heterocycles. The van der Waals surface area contributed by atoms with Crippen LogP contribution in [0.1, 0.15) is 31.4 Å². The molecule has 1 aliphatic rings. The quantitative estimate of drug-likeness (QED) is 0.786. The number of carbonyl (C=O) groups excluding carboxylic acids is 1. The zero-order chi connectivity index (χ0) is 19.1. The molecule has 2 aromatic carbocycles. The van der Waals surface area contributed by atoms with Gasteiger partial charge in [-0.3, -0.25) is 9.69 Å². The third-order valence-electron chi connectivity index (χ3n) is 5.08. The highest BCUT2D eigenvalue weighted by atomic mass is 16.5. The monoisotopic (exact) mass is 368 g/mol. The molecule has 2 N–H and O–H groups in total. The van der Waals surface area contributed by atoms with Gasteiger partial charge in [-0.15, -0.1) is 0 Å². The van der Waals surface area contributed by atoms with Crippen molar-refractivity contribution in [1.29, 1.82) is 0 Å². The van der Waals surface area contributed by atoms with Crippen molar-refractivity contribution in [3.63, 3.8) is 0 Å². The highest BCUT2D eigenvalue weighted by Gasteiger charge is 2.31. The topological polar surface area (TPSA) is 61.8 Å². The van der Waals surface area contributed by atoms with E-state index in [0.29, 0.717) is 24.0 Å². The van der Waals surface area contributed by atoms with Crippen LogP contribution in [0.2, 0.25) is 0 Å². The van der Waals surface area contributed by atoms with Crippen LogP contribution < -0.4 is 10.1 Å². The lowest BCUT2D eigenvalue weighted by Gasteiger charge is -2.36. The molecular formula is C22H28N2O3. The van der Waals surface area contributed by atoms with E-state index < -0.39 is 0 Å². The van der Waals surface area contributed by atoms with E-state index in [1.807, 2.05) is 61.5 Å². The van der Waals surface area contributed by atoms with E-state index in [2.05, 4.69) is 10.2 Å². The molecule has 1 amide bonds. The predicted octanol–water partition coefficient (Wildman–Crippen LogP) is 3.47. The van der Waals surface area contributed by atoms with E-state index in [9.17, 15) is 9.90 Å². The molecule has 0 radical (unpaired) electrons. The fourth-order valence-electron chi connectivity index (χ4n) is 3.61. The zero-order valence-corrected chi connectivity index (χ0v) is 15.8. The number of hydrogen-bond donors (Lipinski definition) is 2. The Labute approximate surface area is 161 Å². The molecule has 1 aliphatic heterocycles. The van der Waals surface area contributed by atoms with Crippen LogP contribution in [0.4, 0.5) is 5.69 Å². The molecule has 1 atom stereocenters. The van der Waals surface area contributed by atoms with Gasteiger partial charge in [0.05, 0.1) is 12.3 Å². The first-order valence-electron chi connectivity index (χ1n) is 9.65. The summed E-state index contributed by atoms with van der Waals surface area (Å²) in [6, 6.07) is 17.0. The van der Waals surface area contributed by atoms with E-state index in [1.54, 1.807) is 0 Å². The fourth-order valence-corrected chi connectivity index (χ4v) is 3.61. The number of anilines is 1. The molecule has 1 fully saturated rings. The number of nitrogens with one attached hydrogen (secondary N) is 1. The van der Waals surface area contributed by atoms with Crippen molar-refractivity contribution in [3.05, 3.63) is 60.2 Å². The minimum atomic E-state index is -0.361. The summed E-state index contributed by atoms with van der Waals surface area (Å²) >= 11 is 0. The lowest BCUT2D eigenvalue weighted by atomic mass is 9.94. The number of hydrogen-bond acceptors (Lipinski definition) is 4. The van der Waals surface area contributed by atoms with Gasteiger partial charge in [0.2, 0.25) is 5.91 Å². The van der Waals surface area contributed by atoms with Crippen molar-refractivity contribution in [1.82, 2.24) is 4.90 Å². The molecule has 3 rings (SSSR count). The number of likely N-dealkylation sites (tertiary alicyclic amines) is 1. The number of carbonyl (C=O) groups is 1. The standard InChI is InChI=1S/C22H28N2O3/c1-2-27-20-11-7-6-10-19(20)23-22(26)21(18-8-4-3-5-9-18)24-14-12-17(16-25)13-15-24/h3-11,17,21,25H,2,12-16H2,1H3,(H,23,26). The molecule has 0 saturated carbocycles. The molecule has 5 nitrogen and oxygen atoms in total. The molecule has 5 heteroatoms. The number of para-hydroxylation sites is 2. The Bertz CT molecular complexity index is 727. The summed E-state index contributed by atoms with van der Waals surface area (Å²) in [6.07, 6.45) is 1.81. The van der Waals surface area contributed by atoms with Crippen molar-refractivity contribution < 1.29 is 14.6 Å². The van der Waals surface area contributed by atoms with Crippen molar-refractivity contribution in [3.8, 4) is 5.75 Å². The number of aliphatic hydroxyl groups is 1. The molecule has 1 saturated heterocycles. The number of aliphatic hydroxyl groups excluding tert-OH is 1. The summed E-state index contributed by atoms with van der Waals surface area (Å²) in [4.78, 5) is 15.5. The number of benzene rings is 2. The first kappa shape index (κ1) is 19.4. The number of rotatable bonds is 7. The van der Waals surface area contributed by atoms with E-state index in [-0.39, 0.29) is 18.6 Å². The highest BCUT2D eigenvalue weighted by Crippen LogP contribution is 2.30. The van der Waals surface area contributed by atoms with Crippen LogP contribution in [0.3, 0.4) is 0 Å². The Kier molecular flexibility index (Phi) is 6.85. The van der Waals surface area contributed by atoms with Crippen molar-refractivity contribution >= 4 is 11.6 Å². The van der Waals surface area contributed by atoms with Gasteiger partial charge in [0.1, 0.15) is 11.8 Å². The molecule has 0 bridgehead atoms. The molecule has 0 spiro atoms. The van der Waals surface area contributed by atoms with Gasteiger partial charge in [-0.25, -0.2) is 0 Å². The lowest BCUT2D eigenvalue weighted by molar-refractivity contribution is -0.122. The minimum Gasteiger partial charge on any atom is -0.492 e. The Hall–Kier alpha value is -2.37. The van der Waals surface area contributed by atoms with Gasteiger partial charge in [0.25, 0.3) is 0 Å². The number of ether oxygens (including phenoxy) is 1. The van der Waals surface area contributed by atoms with E-state index in [1.165, 1.54) is 0 Å². The highest BCUT2D eigenvalue weighted by molar-refractivity contribution is 5.96. The maximum Gasteiger partial charge on any atom is 0.246 e. The summed E-state index contributed by atoms with van der Waals surface area (Å²) in [6.45, 7) is 4.29. The lowest BCUT2D eigenvalue weighted by Crippen LogP contribution is -2.42. The second kappa shape index (κ2) is 9.53. The van der Waals surface area contributed by atoms with Gasteiger partial charge >= 0.3 is 0 Å². The largest absolute Gasteiger partial charge is 0.492 e. The maximum atomic E-state index is 13.3. The fraction of sp³-hybridized carbons (Fsp3) is 0.409. The van der Waals surface area contributed by atoms with Gasteiger partial charge < -0.3 is 15.2 Å². The second-order valence-corrected chi connectivity index (χ2v) is 6.89. The van der Waals surface area contributed by atoms with E-state index >= 15 is 0 Å². The first-order chi connectivity index (χ1) is 13.2. The van der Waals surface area contributed by atoms with Gasteiger partial charge in [0, 0.05) is 6.61 Å². The van der Waals surface area contributed by atoms with Crippen LogP contribution in [0, 0.1) is 5.92 Å². The number of piperidine rings is 1. The van der Waals surface area contributed by atoms with Gasteiger partial charge in [-0.05, 0) is 56.5 Å². The maximum absolute atomic E-state index is 13.3. The zero-order valence-electron chi connectivity index (χ0n) is 15.8. The molecule has 144 valence electrons. The van der Waals surface area contributed by atoms with Crippen LogP contribution in [-0.4, -0.2) is 42.2 Å². The normalized spacial score (nSPS) is 16.7. The average Bonchev–Trinajstić information content (AvgIpc) is 2.71. The third-order valence-corrected chi connectivity index (χ3v) is 5.08. The molecule has 0 aromatic heterocycles. The first-order valence-corrected chi connectivity index (χ1v) is 9.65. The van der Waals surface area contributed by atoms with Crippen LogP contribution in [0.15, 0.2) is 54.6 Å². The summed E-state index contributed by atoms with van der Waals surface area (Å²) in [7, 11) is 0. The van der Waals surface area contributed by atoms with Crippen LogP contribution >= 0.6 is 0 Å². The summed E-state index contributed by atoms with van der Waals surface area (Å²) in [5.41, 5.74) is 1.67. The summed E-state index contributed by atoms with van der Waals surface area (Å²) in [5, 5.41) is 12.5. The third kappa shape index (κ3) is 4.87. The Morgan fingerprint density at radius 3 is 2.48 bits per heavy atom. The molecular weight excluding hydrogens is 340 g/mol. The van der Waals surface area contributed by atoms with Crippen molar-refractivity contribution in [2.75, 3.05) is 31.6 Å². The van der Waals surface area contributed by atoms with E-state index in [4.69, 9.17) is 4.74 Å². The van der Waals surface area contributed by atoms with Crippen LogP contribution in [-0.2, 0) is 4.79 Å². The molecule has 1 unspecified atom stereocenters. The van der Waals surface area contributed by atoms with Gasteiger partial charge in [0.15, 0.2) is 0 Å². The van der Waals surface area contributed by atoms with Crippen molar-refractivity contribution in [2.45, 2.75) is 25.8 Å². The van der Waals surface area contributed by atoms with Gasteiger partial charge in [-0.2, -0.15) is 0 Å². The Balaban J connectivity index is 1.82. The Morgan fingerprint density at radius 1 is 1.15 bits per heavy atom. The SMILES string of the molecule is CCOc1ccccc1NC(=O)C(c1ccccc1)N1CCC(CO)CC1. The van der Waals surface area contributed by atoms with E-state index in [0.717, 1.165) is 31.5 Å². The Morgan fingerprint density at radius 2 is 1.81 bits per heavy atom. The number of amides is 1. The summed E-state index contributed by atoms with van der Waals surface area (Å²) < 4.78 is 5.64. The smallest absolute Gasteiger partial charge is 0.246 e. The van der Waals surface area contributed by atoms with Crippen molar-refractivity contribution in [2.24, 2.45) is 5.92 Å². The van der Waals surface area contributed by atoms with Gasteiger partial charge in [-0.1, -0.05) is 42.5 Å². The summed E-state index contributed by atoms with van der Waals surface area (Å²) in [5.74, 6) is 0.953. The number of nitrogens with zero attached hydrogens (tertiary/aromatic N) is 1. The van der Waals surface area contributed by atoms with Crippen LogP contribution in [0.5, 0.6) is 5.75 Å². The molecule has 27 heavy (non-hydrogen) atoms. The molecule has 2 aromatic rings. The molecule has 0 aliphatic carbocycles. The van der Waals surface area contributed by atoms with Crippen LogP contribution in [0.25, 0.3) is 0 Å². The average molecular weight is 368 g/mol. The predicted molar refractivity (Wildman–Crippen MR) is 107 cm³/mol. The minimum absolute atomic E-state index is 0.0594. The second-order valence-electron chi connectivity index (χ2n) is 6.89.